The number of unbranched alkanes of at least 4 members (excludes halogenated alkanes) is 1. The van der Waals surface area contributed by atoms with Crippen LogP contribution in [0.2, 0.25) is 0 Å². The normalized spacial score (nSPS) is 10.5. The largest absolute Gasteiger partial charge is 0.497 e. The first-order valence-electron chi connectivity index (χ1n) is 9.62. The molecule has 2 N–H and O–H groups in total. The van der Waals surface area contributed by atoms with E-state index in [9.17, 15) is 9.59 Å². The zero-order chi connectivity index (χ0) is 21.8. The molecule has 2 amide bonds. The van der Waals surface area contributed by atoms with Gasteiger partial charge in [-0.1, -0.05) is 13.3 Å². The molecule has 0 aromatic heterocycles. The van der Waals surface area contributed by atoms with Crippen LogP contribution < -0.4 is 25.0 Å². The van der Waals surface area contributed by atoms with E-state index in [0.29, 0.717) is 35.0 Å². The highest BCUT2D eigenvalue weighted by Crippen LogP contribution is 2.22. The van der Waals surface area contributed by atoms with Gasteiger partial charge in [0, 0.05) is 11.1 Å². The Hall–Kier alpha value is -3.55. The lowest BCUT2D eigenvalue weighted by Crippen LogP contribution is -2.34. The average molecular weight is 413 g/mol. The number of carbonyl (C=O) groups is 2. The molecule has 0 aliphatic carbocycles. The summed E-state index contributed by atoms with van der Waals surface area (Å²) < 4.78 is 16.0. The van der Waals surface area contributed by atoms with Crippen LogP contribution in [0.4, 0.5) is 0 Å². The molecular weight excluding hydrogens is 386 g/mol. The lowest BCUT2D eigenvalue weighted by molar-refractivity contribution is -0.120. The van der Waals surface area contributed by atoms with Crippen molar-refractivity contribution in [2.24, 2.45) is 5.10 Å². The maximum atomic E-state index is 12.2. The van der Waals surface area contributed by atoms with Crippen molar-refractivity contribution in [2.45, 2.75) is 19.8 Å². The van der Waals surface area contributed by atoms with Gasteiger partial charge >= 0.3 is 0 Å². The summed E-state index contributed by atoms with van der Waals surface area (Å²) in [6.07, 6.45) is 3.47. The third-order valence-corrected chi connectivity index (χ3v) is 4.12. The second-order valence-corrected chi connectivity index (χ2v) is 6.31. The Bertz CT molecular complexity index is 866. The number of hydrazone groups is 1. The summed E-state index contributed by atoms with van der Waals surface area (Å²) in [5.41, 5.74) is 3.45. The highest BCUT2D eigenvalue weighted by molar-refractivity contribution is 5.96. The fourth-order valence-electron chi connectivity index (χ4n) is 2.45. The lowest BCUT2D eigenvalue weighted by atomic mass is 10.2. The molecular formula is C22H27N3O5. The van der Waals surface area contributed by atoms with Gasteiger partial charge in [0.2, 0.25) is 0 Å². The summed E-state index contributed by atoms with van der Waals surface area (Å²) >= 11 is 0. The van der Waals surface area contributed by atoms with E-state index in [1.807, 2.05) is 0 Å². The molecule has 0 bridgehead atoms. The van der Waals surface area contributed by atoms with Gasteiger partial charge < -0.3 is 19.5 Å². The first kappa shape index (κ1) is 22.7. The maximum Gasteiger partial charge on any atom is 0.259 e. The standard InChI is InChI=1S/C22H27N3O5/c1-4-5-12-30-18-8-6-16(7-9-18)22(27)23-15-21(26)25-24-14-17-13-19(28-2)10-11-20(17)29-3/h6-11,13-14H,4-5,12,15H2,1-3H3,(H,23,27)(H,25,26)/b24-14+. The first-order chi connectivity index (χ1) is 14.6. The van der Waals surface area contributed by atoms with Gasteiger partial charge in [-0.15, -0.1) is 0 Å². The smallest absolute Gasteiger partial charge is 0.259 e. The fraction of sp³-hybridized carbons (Fsp3) is 0.318. The Morgan fingerprint density at radius 1 is 1.03 bits per heavy atom. The van der Waals surface area contributed by atoms with Crippen LogP contribution in [0.5, 0.6) is 17.2 Å². The van der Waals surface area contributed by atoms with Gasteiger partial charge in [0.1, 0.15) is 17.2 Å². The SMILES string of the molecule is CCCCOc1ccc(C(=O)NCC(=O)N/N=C/c2cc(OC)ccc2OC)cc1. The van der Waals surface area contributed by atoms with Crippen molar-refractivity contribution in [1.29, 1.82) is 0 Å². The first-order valence-corrected chi connectivity index (χ1v) is 9.62. The number of rotatable bonds is 11. The molecule has 2 rings (SSSR count). The van der Waals surface area contributed by atoms with Gasteiger partial charge in [0.25, 0.3) is 11.8 Å². The number of ether oxygens (including phenoxy) is 3. The Kier molecular flexibility index (Phi) is 9.18. The molecule has 8 nitrogen and oxygen atoms in total. The van der Waals surface area contributed by atoms with Crippen LogP contribution in [-0.4, -0.2) is 45.4 Å². The van der Waals surface area contributed by atoms with E-state index in [4.69, 9.17) is 14.2 Å². The molecule has 2 aromatic carbocycles. The molecule has 0 saturated carbocycles. The molecule has 0 atom stereocenters. The molecule has 0 aliphatic heterocycles. The Morgan fingerprint density at radius 2 is 1.77 bits per heavy atom. The van der Waals surface area contributed by atoms with Crippen LogP contribution in [0, 0.1) is 0 Å². The number of carbonyl (C=O) groups excluding carboxylic acids is 2. The number of benzene rings is 2. The van der Waals surface area contributed by atoms with Crippen molar-refractivity contribution in [3.63, 3.8) is 0 Å². The number of hydrogen-bond acceptors (Lipinski definition) is 6. The maximum absolute atomic E-state index is 12.2. The van der Waals surface area contributed by atoms with Crippen LogP contribution in [-0.2, 0) is 4.79 Å². The minimum absolute atomic E-state index is 0.208. The minimum atomic E-state index is -0.457. The van der Waals surface area contributed by atoms with E-state index in [0.717, 1.165) is 12.8 Å². The van der Waals surface area contributed by atoms with Crippen molar-refractivity contribution < 1.29 is 23.8 Å². The van der Waals surface area contributed by atoms with Crippen molar-refractivity contribution >= 4 is 18.0 Å². The zero-order valence-corrected chi connectivity index (χ0v) is 17.4. The molecule has 0 aliphatic rings. The van der Waals surface area contributed by atoms with E-state index in [1.165, 1.54) is 13.3 Å². The number of hydrogen-bond donors (Lipinski definition) is 2. The summed E-state index contributed by atoms with van der Waals surface area (Å²) in [4.78, 5) is 24.1. The van der Waals surface area contributed by atoms with Crippen molar-refractivity contribution in [1.82, 2.24) is 10.7 Å². The van der Waals surface area contributed by atoms with Gasteiger partial charge in [-0.3, -0.25) is 9.59 Å². The number of nitrogens with one attached hydrogen (secondary N) is 2. The fourth-order valence-corrected chi connectivity index (χ4v) is 2.45. The van der Waals surface area contributed by atoms with Gasteiger partial charge in [-0.05, 0) is 48.9 Å². The molecule has 0 unspecified atom stereocenters. The second kappa shape index (κ2) is 12.1. The predicted octanol–water partition coefficient (Wildman–Crippen LogP) is 2.76. The summed E-state index contributed by atoms with van der Waals surface area (Å²) in [6, 6.07) is 12.0. The summed E-state index contributed by atoms with van der Waals surface area (Å²) in [5.74, 6) is 1.12. The van der Waals surface area contributed by atoms with Gasteiger partial charge in [0.15, 0.2) is 0 Å². The van der Waals surface area contributed by atoms with Gasteiger partial charge in [-0.25, -0.2) is 5.43 Å². The lowest BCUT2D eigenvalue weighted by Gasteiger charge is -2.08. The Balaban J connectivity index is 1.81. The molecule has 0 fully saturated rings. The number of amides is 2. The number of nitrogens with zero attached hydrogens (tertiary/aromatic N) is 1. The van der Waals surface area contributed by atoms with E-state index in [1.54, 1.807) is 49.6 Å². The summed E-state index contributed by atoms with van der Waals surface area (Å²) in [6.45, 7) is 2.53. The van der Waals surface area contributed by atoms with Gasteiger partial charge in [0.05, 0.1) is 33.6 Å². The van der Waals surface area contributed by atoms with E-state index < -0.39 is 5.91 Å². The highest BCUT2D eigenvalue weighted by atomic mass is 16.5. The van der Waals surface area contributed by atoms with Crippen LogP contribution in [0.3, 0.4) is 0 Å². The van der Waals surface area contributed by atoms with Crippen molar-refractivity contribution in [3.05, 3.63) is 53.6 Å². The summed E-state index contributed by atoms with van der Waals surface area (Å²) in [5, 5.41) is 6.45. The van der Waals surface area contributed by atoms with E-state index in [2.05, 4.69) is 22.8 Å². The molecule has 160 valence electrons. The third-order valence-electron chi connectivity index (χ3n) is 4.12. The highest BCUT2D eigenvalue weighted by Gasteiger charge is 2.08. The number of methoxy groups -OCH3 is 2. The summed E-state index contributed by atoms with van der Waals surface area (Å²) in [7, 11) is 3.09. The zero-order valence-electron chi connectivity index (χ0n) is 17.4. The molecule has 0 radical (unpaired) electrons. The second-order valence-electron chi connectivity index (χ2n) is 6.31. The topological polar surface area (TPSA) is 98.2 Å². The molecule has 0 spiro atoms. The van der Waals surface area contributed by atoms with Crippen LogP contribution in [0.15, 0.2) is 47.6 Å². The molecule has 0 heterocycles. The molecule has 0 saturated heterocycles. The monoisotopic (exact) mass is 413 g/mol. The van der Waals surface area contributed by atoms with Crippen molar-refractivity contribution in [2.75, 3.05) is 27.4 Å². The Morgan fingerprint density at radius 3 is 2.43 bits per heavy atom. The van der Waals surface area contributed by atoms with Crippen LogP contribution in [0.25, 0.3) is 0 Å². The molecule has 8 heteroatoms. The third kappa shape index (κ3) is 7.12. The van der Waals surface area contributed by atoms with E-state index >= 15 is 0 Å². The van der Waals surface area contributed by atoms with Crippen LogP contribution >= 0.6 is 0 Å². The van der Waals surface area contributed by atoms with Crippen molar-refractivity contribution in [3.8, 4) is 17.2 Å². The average Bonchev–Trinajstić information content (AvgIpc) is 2.78. The van der Waals surface area contributed by atoms with E-state index in [-0.39, 0.29) is 12.5 Å². The predicted molar refractivity (Wildman–Crippen MR) is 114 cm³/mol. The molecule has 2 aromatic rings. The Labute approximate surface area is 176 Å². The van der Waals surface area contributed by atoms with Gasteiger partial charge in [-0.2, -0.15) is 5.10 Å². The quantitative estimate of drug-likeness (QED) is 0.335. The molecule has 30 heavy (non-hydrogen) atoms. The van der Waals surface area contributed by atoms with Crippen LogP contribution in [0.1, 0.15) is 35.7 Å². The minimum Gasteiger partial charge on any atom is -0.497 e.